The normalized spacial score (nSPS) is 29.0. The zero-order valence-corrected chi connectivity index (χ0v) is 21.1. The number of nitrogens with zero attached hydrogens (tertiary/aromatic N) is 2. The number of carboxylic acid groups (broad SMARTS) is 1. The second kappa shape index (κ2) is 10.6. The van der Waals surface area contributed by atoms with Gasteiger partial charge in [-0.05, 0) is 19.3 Å². The van der Waals surface area contributed by atoms with Crippen LogP contribution in [0.15, 0.2) is 10.6 Å². The van der Waals surface area contributed by atoms with E-state index in [0.29, 0.717) is 17.9 Å². The van der Waals surface area contributed by atoms with E-state index in [1.807, 2.05) is 13.8 Å². The molecule has 3 N–H and O–H groups in total. The molecule has 0 spiro atoms. The Labute approximate surface area is 203 Å². The summed E-state index contributed by atoms with van der Waals surface area (Å²) in [6.07, 6.45) is 0.773. The number of hydrogen-bond donors (Lipinski definition) is 3. The fraction of sp³-hybridized carbons (Fsp3) is 0.696. The quantitative estimate of drug-likeness (QED) is 0.341. The van der Waals surface area contributed by atoms with E-state index in [1.165, 1.54) is 23.6 Å². The van der Waals surface area contributed by atoms with E-state index in [4.69, 9.17) is 0 Å². The zero-order valence-electron chi connectivity index (χ0n) is 20.3. The van der Waals surface area contributed by atoms with Crippen molar-refractivity contribution in [1.29, 1.82) is 0 Å². The first-order valence-corrected chi connectivity index (χ1v) is 12.5. The van der Waals surface area contributed by atoms with E-state index in [1.54, 1.807) is 19.0 Å². The molecule has 0 aromatic rings. The van der Waals surface area contributed by atoms with Crippen LogP contribution in [0.2, 0.25) is 0 Å². The standard InChI is InChI=1S/C23H34N4O6S/c1-11(6-14(29)9-24-8-12(2)28)17-18-13(3)20(19(23(32)33)27(18)22(17)31)34-15-7-16(25-10-15)21(30)26(4)5/h11,13,15-18,24-25H,6-10H2,1-5H3,(H,32,33)/t11-,13+,15-,16-,17+,18+/m0/s1. The number of carbonyl (C=O) groups excluding carboxylic acids is 4. The first kappa shape index (κ1) is 26.4. The average Bonchev–Trinajstić information content (AvgIpc) is 3.29. The maximum atomic E-state index is 13.0. The minimum atomic E-state index is -1.13. The van der Waals surface area contributed by atoms with Gasteiger partial charge in [-0.25, -0.2) is 4.79 Å². The molecule has 3 heterocycles. The fourth-order valence-corrected chi connectivity index (χ4v) is 6.65. The molecule has 0 aliphatic carbocycles. The maximum absolute atomic E-state index is 13.0. The van der Waals surface area contributed by atoms with Crippen LogP contribution in [0.3, 0.4) is 0 Å². The number of β-lactam (4-membered cyclic amide) rings is 1. The van der Waals surface area contributed by atoms with Gasteiger partial charge in [0, 0.05) is 43.1 Å². The molecule has 0 aromatic heterocycles. The lowest BCUT2D eigenvalue weighted by atomic mass is 9.73. The van der Waals surface area contributed by atoms with E-state index in [2.05, 4.69) is 10.6 Å². The Morgan fingerprint density at radius 3 is 2.53 bits per heavy atom. The number of amides is 2. The lowest BCUT2D eigenvalue weighted by Crippen LogP contribution is -2.62. The van der Waals surface area contributed by atoms with Crippen LogP contribution in [0.5, 0.6) is 0 Å². The Balaban J connectivity index is 1.67. The summed E-state index contributed by atoms with van der Waals surface area (Å²) in [6.45, 7) is 5.99. The van der Waals surface area contributed by atoms with Gasteiger partial charge < -0.3 is 25.5 Å². The number of rotatable bonds is 11. The van der Waals surface area contributed by atoms with Gasteiger partial charge in [0.25, 0.3) is 0 Å². The second-order valence-electron chi connectivity index (χ2n) is 9.73. The van der Waals surface area contributed by atoms with Gasteiger partial charge in [0.2, 0.25) is 11.8 Å². The molecule has 2 fully saturated rings. The van der Waals surface area contributed by atoms with Gasteiger partial charge >= 0.3 is 5.97 Å². The van der Waals surface area contributed by atoms with Crippen molar-refractivity contribution in [2.45, 2.75) is 50.9 Å². The molecular weight excluding hydrogens is 460 g/mol. The maximum Gasteiger partial charge on any atom is 0.353 e. The lowest BCUT2D eigenvalue weighted by Gasteiger charge is -2.47. The first-order chi connectivity index (χ1) is 15.9. The highest BCUT2D eigenvalue weighted by Crippen LogP contribution is 2.53. The minimum absolute atomic E-state index is 0.00893. The predicted octanol–water partition coefficient (Wildman–Crippen LogP) is 0.0851. The highest BCUT2D eigenvalue weighted by molar-refractivity contribution is 8.03. The molecule has 3 aliphatic heterocycles. The molecule has 0 saturated carbocycles. The van der Waals surface area contributed by atoms with Crippen LogP contribution in [0, 0.1) is 17.8 Å². The van der Waals surface area contributed by atoms with Gasteiger partial charge in [-0.1, -0.05) is 13.8 Å². The molecule has 2 saturated heterocycles. The second-order valence-corrected chi connectivity index (χ2v) is 11.1. The Hall–Kier alpha value is -2.24. The minimum Gasteiger partial charge on any atom is -0.477 e. The summed E-state index contributed by atoms with van der Waals surface area (Å²) in [5.74, 6) is -2.37. The van der Waals surface area contributed by atoms with Crippen LogP contribution in [0.1, 0.15) is 33.6 Å². The highest BCUT2D eigenvalue weighted by Gasteiger charge is 2.60. The first-order valence-electron chi connectivity index (χ1n) is 11.6. The van der Waals surface area contributed by atoms with E-state index >= 15 is 0 Å². The van der Waals surface area contributed by atoms with Crippen molar-refractivity contribution in [3.63, 3.8) is 0 Å². The van der Waals surface area contributed by atoms with E-state index < -0.39 is 11.9 Å². The molecule has 0 bridgehead atoms. The molecule has 0 radical (unpaired) electrons. The molecule has 3 aliphatic rings. The zero-order chi connectivity index (χ0) is 25.3. The van der Waals surface area contributed by atoms with Crippen molar-refractivity contribution in [2.75, 3.05) is 33.7 Å². The SMILES string of the molecule is CC(=O)CNCC(=O)C[C@H](C)[C@H]1C(=O)N2C(C(=O)O)=C(S[C@@H]3CN[C@H](C(=O)N(C)C)C3)[C@H](C)[C@H]12. The number of hydrogen-bond acceptors (Lipinski definition) is 8. The third-order valence-corrected chi connectivity index (χ3v) is 8.28. The van der Waals surface area contributed by atoms with Crippen LogP contribution < -0.4 is 10.6 Å². The molecule has 0 unspecified atom stereocenters. The third-order valence-electron chi connectivity index (χ3n) is 6.77. The number of thioether (sulfide) groups is 1. The third kappa shape index (κ3) is 5.21. The van der Waals surface area contributed by atoms with Crippen molar-refractivity contribution in [3.8, 4) is 0 Å². The molecule has 2 amide bonds. The predicted molar refractivity (Wildman–Crippen MR) is 127 cm³/mol. The van der Waals surface area contributed by atoms with E-state index in [9.17, 15) is 29.1 Å². The van der Waals surface area contributed by atoms with Crippen molar-refractivity contribution >= 4 is 41.1 Å². The van der Waals surface area contributed by atoms with Gasteiger partial charge in [0.15, 0.2) is 0 Å². The summed E-state index contributed by atoms with van der Waals surface area (Å²) in [6, 6.07) is -0.588. The van der Waals surface area contributed by atoms with Gasteiger partial charge in [-0.15, -0.1) is 11.8 Å². The van der Waals surface area contributed by atoms with Gasteiger partial charge in [-0.3, -0.25) is 19.2 Å². The summed E-state index contributed by atoms with van der Waals surface area (Å²) >= 11 is 1.45. The molecule has 11 heteroatoms. The van der Waals surface area contributed by atoms with Gasteiger partial charge in [-0.2, -0.15) is 0 Å². The number of likely N-dealkylation sites (N-methyl/N-ethyl adjacent to an activating group) is 1. The Kier molecular flexibility index (Phi) is 8.20. The van der Waals surface area contributed by atoms with Crippen LogP contribution in [-0.4, -0.2) is 95.3 Å². The molecule has 34 heavy (non-hydrogen) atoms. The summed E-state index contributed by atoms with van der Waals surface area (Å²) in [5.41, 5.74) is 0.0350. The van der Waals surface area contributed by atoms with Crippen molar-refractivity contribution < 1.29 is 29.1 Å². The number of aliphatic carboxylic acids is 1. The Morgan fingerprint density at radius 2 is 1.94 bits per heavy atom. The topological polar surface area (TPSA) is 136 Å². The number of Topliss-reactive ketones (excluding diaryl/α,β-unsaturated/α-hetero) is 2. The van der Waals surface area contributed by atoms with Gasteiger partial charge in [0.1, 0.15) is 17.3 Å². The summed E-state index contributed by atoms with van der Waals surface area (Å²) in [5, 5.41) is 16.0. The smallest absolute Gasteiger partial charge is 0.353 e. The molecular formula is C23H34N4O6S. The monoisotopic (exact) mass is 494 g/mol. The van der Waals surface area contributed by atoms with Crippen LogP contribution >= 0.6 is 11.8 Å². The largest absolute Gasteiger partial charge is 0.477 e. The molecule has 3 rings (SSSR count). The Bertz CT molecular complexity index is 919. The number of nitrogens with one attached hydrogen (secondary N) is 2. The summed E-state index contributed by atoms with van der Waals surface area (Å²) in [4.78, 5) is 64.4. The number of carboxylic acids is 1. The average molecular weight is 495 g/mol. The molecule has 188 valence electrons. The lowest BCUT2D eigenvalue weighted by molar-refractivity contribution is -0.160. The van der Waals surface area contributed by atoms with Crippen molar-refractivity contribution in [3.05, 3.63) is 10.6 Å². The number of fused-ring (bicyclic) bond motifs is 1. The number of ketones is 2. The Morgan fingerprint density at radius 1 is 1.26 bits per heavy atom. The summed E-state index contributed by atoms with van der Waals surface area (Å²) < 4.78 is 0. The van der Waals surface area contributed by atoms with Gasteiger partial charge in [0.05, 0.1) is 31.1 Å². The summed E-state index contributed by atoms with van der Waals surface area (Å²) in [7, 11) is 3.41. The van der Waals surface area contributed by atoms with Crippen LogP contribution in [0.25, 0.3) is 0 Å². The van der Waals surface area contributed by atoms with Crippen molar-refractivity contribution in [1.82, 2.24) is 20.4 Å². The molecule has 10 nitrogen and oxygen atoms in total. The van der Waals surface area contributed by atoms with E-state index in [0.717, 1.165) is 0 Å². The number of carbonyl (C=O) groups is 5. The van der Waals surface area contributed by atoms with Crippen molar-refractivity contribution in [2.24, 2.45) is 17.8 Å². The van der Waals surface area contributed by atoms with Crippen LogP contribution in [-0.2, 0) is 24.0 Å². The van der Waals surface area contributed by atoms with E-state index in [-0.39, 0.29) is 77.8 Å². The molecule has 6 atom stereocenters. The fourth-order valence-electron chi connectivity index (χ4n) is 5.18. The molecule has 0 aromatic carbocycles. The highest BCUT2D eigenvalue weighted by atomic mass is 32.2. The van der Waals surface area contributed by atoms with Crippen LogP contribution in [0.4, 0.5) is 0 Å².